The smallest absolute Gasteiger partial charge is 0.193 e. The Labute approximate surface area is 118 Å². The SMILES string of the molecule is CC(C)(O[Si](C)(C)C(C)(C)C)c1ccc(C[O])cn1. The second-order valence-electron chi connectivity index (χ2n) is 7.07. The lowest BCUT2D eigenvalue weighted by molar-refractivity contribution is 0.0854. The van der Waals surface area contributed by atoms with Crippen molar-refractivity contribution in [2.75, 3.05) is 0 Å². The topological polar surface area (TPSA) is 42.0 Å². The first-order chi connectivity index (χ1) is 8.49. The van der Waals surface area contributed by atoms with Gasteiger partial charge in [0.15, 0.2) is 8.32 Å². The fourth-order valence-electron chi connectivity index (χ4n) is 1.71. The molecule has 0 unspecified atom stereocenters. The third-order valence-electron chi connectivity index (χ3n) is 3.92. The van der Waals surface area contributed by atoms with Crippen LogP contribution in [0.25, 0.3) is 0 Å². The highest BCUT2D eigenvalue weighted by molar-refractivity contribution is 6.74. The molecule has 3 nitrogen and oxygen atoms in total. The molecule has 1 radical (unpaired) electrons. The van der Waals surface area contributed by atoms with Crippen LogP contribution in [0.3, 0.4) is 0 Å². The summed E-state index contributed by atoms with van der Waals surface area (Å²) in [4.78, 5) is 4.38. The standard InChI is InChI=1S/C15H26NO2Si/c1-14(2,3)19(6,7)18-15(4,5)13-9-8-12(11-17)10-16-13/h8-10H,11H2,1-7H3. The molecule has 0 fully saturated rings. The van der Waals surface area contributed by atoms with Crippen LogP contribution in [0.1, 0.15) is 45.9 Å². The third-order valence-corrected chi connectivity index (χ3v) is 8.56. The Kier molecular flexibility index (Phi) is 4.60. The molecule has 0 N–H and O–H groups in total. The predicted molar refractivity (Wildman–Crippen MR) is 79.9 cm³/mol. The zero-order valence-electron chi connectivity index (χ0n) is 13.2. The minimum atomic E-state index is -1.85. The quantitative estimate of drug-likeness (QED) is 0.773. The summed E-state index contributed by atoms with van der Waals surface area (Å²) in [6.07, 6.45) is 1.65. The van der Waals surface area contributed by atoms with Gasteiger partial charge in [0, 0.05) is 6.20 Å². The molecule has 4 heteroatoms. The summed E-state index contributed by atoms with van der Waals surface area (Å²) in [7, 11) is -1.85. The van der Waals surface area contributed by atoms with Gasteiger partial charge in [0.05, 0.1) is 11.3 Å². The summed E-state index contributed by atoms with van der Waals surface area (Å²) < 4.78 is 6.45. The Balaban J connectivity index is 2.97. The molecule has 107 valence electrons. The highest BCUT2D eigenvalue weighted by Gasteiger charge is 2.42. The van der Waals surface area contributed by atoms with E-state index in [1.165, 1.54) is 0 Å². The van der Waals surface area contributed by atoms with Crippen molar-refractivity contribution in [3.05, 3.63) is 29.6 Å². The van der Waals surface area contributed by atoms with Crippen molar-refractivity contribution in [1.82, 2.24) is 4.98 Å². The van der Waals surface area contributed by atoms with Crippen molar-refractivity contribution in [1.29, 1.82) is 0 Å². The summed E-state index contributed by atoms with van der Waals surface area (Å²) in [5.74, 6) is 0. The van der Waals surface area contributed by atoms with Gasteiger partial charge in [-0.1, -0.05) is 26.8 Å². The lowest BCUT2D eigenvalue weighted by Gasteiger charge is -2.42. The van der Waals surface area contributed by atoms with Crippen molar-refractivity contribution in [2.24, 2.45) is 0 Å². The van der Waals surface area contributed by atoms with Crippen molar-refractivity contribution < 1.29 is 9.53 Å². The maximum absolute atomic E-state index is 10.8. The van der Waals surface area contributed by atoms with Crippen LogP contribution in [0.2, 0.25) is 18.1 Å². The lowest BCUT2D eigenvalue weighted by atomic mass is 10.0. The molecule has 0 aliphatic heterocycles. The number of nitrogens with zero attached hydrogens (tertiary/aromatic N) is 1. The molecule has 0 saturated heterocycles. The van der Waals surface area contributed by atoms with Gasteiger partial charge in [-0.25, -0.2) is 5.11 Å². The van der Waals surface area contributed by atoms with Gasteiger partial charge in [-0.05, 0) is 43.6 Å². The molecule has 1 aromatic rings. The maximum atomic E-state index is 10.8. The first-order valence-corrected chi connectivity index (χ1v) is 9.64. The third kappa shape index (κ3) is 3.88. The minimum absolute atomic E-state index is 0.166. The van der Waals surface area contributed by atoms with Crippen LogP contribution in [0.5, 0.6) is 0 Å². The Morgan fingerprint density at radius 1 is 1.16 bits per heavy atom. The van der Waals surface area contributed by atoms with E-state index in [-0.39, 0.29) is 11.6 Å². The van der Waals surface area contributed by atoms with E-state index >= 15 is 0 Å². The fraction of sp³-hybridized carbons (Fsp3) is 0.667. The number of rotatable bonds is 4. The van der Waals surface area contributed by atoms with Crippen molar-refractivity contribution >= 4 is 8.32 Å². The fourth-order valence-corrected chi connectivity index (χ4v) is 3.40. The molecule has 0 bridgehead atoms. The van der Waals surface area contributed by atoms with E-state index in [0.717, 1.165) is 5.69 Å². The molecule has 1 heterocycles. The Hall–Kier alpha value is -0.713. The van der Waals surface area contributed by atoms with Gasteiger partial charge in [0.2, 0.25) is 0 Å². The van der Waals surface area contributed by atoms with Gasteiger partial charge in [0.25, 0.3) is 0 Å². The number of aromatic nitrogens is 1. The van der Waals surface area contributed by atoms with Gasteiger partial charge >= 0.3 is 0 Å². The summed E-state index contributed by atoms with van der Waals surface area (Å²) in [6.45, 7) is 15.0. The summed E-state index contributed by atoms with van der Waals surface area (Å²) >= 11 is 0. The van der Waals surface area contributed by atoms with E-state index < -0.39 is 13.9 Å². The molecule has 0 saturated carbocycles. The van der Waals surface area contributed by atoms with E-state index in [9.17, 15) is 5.11 Å². The summed E-state index contributed by atoms with van der Waals surface area (Å²) in [6, 6.07) is 3.74. The predicted octanol–water partition coefficient (Wildman–Crippen LogP) is 4.27. The van der Waals surface area contributed by atoms with E-state index in [4.69, 9.17) is 4.43 Å². The van der Waals surface area contributed by atoms with Gasteiger partial charge in [-0.2, -0.15) is 0 Å². The van der Waals surface area contributed by atoms with Crippen LogP contribution in [0, 0.1) is 0 Å². The highest BCUT2D eigenvalue weighted by atomic mass is 28.4. The van der Waals surface area contributed by atoms with Crippen LogP contribution < -0.4 is 0 Å². The molecule has 0 spiro atoms. The van der Waals surface area contributed by atoms with Crippen LogP contribution in [0.15, 0.2) is 18.3 Å². The highest BCUT2D eigenvalue weighted by Crippen LogP contribution is 2.41. The molecule has 1 aromatic heterocycles. The van der Waals surface area contributed by atoms with E-state index in [0.29, 0.717) is 5.56 Å². The average molecular weight is 280 g/mol. The van der Waals surface area contributed by atoms with Crippen LogP contribution in [0.4, 0.5) is 0 Å². The van der Waals surface area contributed by atoms with Gasteiger partial charge in [0.1, 0.15) is 6.61 Å². The normalized spacial score (nSPS) is 13.7. The second-order valence-corrected chi connectivity index (χ2v) is 11.8. The van der Waals surface area contributed by atoms with Gasteiger partial charge in [-0.15, -0.1) is 0 Å². The van der Waals surface area contributed by atoms with E-state index in [1.807, 2.05) is 26.0 Å². The zero-order valence-corrected chi connectivity index (χ0v) is 14.2. The van der Waals surface area contributed by atoms with Crippen LogP contribution >= 0.6 is 0 Å². The molecule has 0 amide bonds. The first-order valence-electron chi connectivity index (χ1n) is 6.73. The molecular formula is C15H26NO2Si. The molecule has 0 atom stereocenters. The maximum Gasteiger partial charge on any atom is 0.193 e. The minimum Gasteiger partial charge on any atom is -0.406 e. The Bertz CT molecular complexity index is 419. The molecular weight excluding hydrogens is 254 g/mol. The van der Waals surface area contributed by atoms with Crippen molar-refractivity contribution in [3.63, 3.8) is 0 Å². The molecule has 0 aliphatic carbocycles. The van der Waals surface area contributed by atoms with Gasteiger partial charge < -0.3 is 4.43 Å². The first kappa shape index (κ1) is 16.3. The molecule has 19 heavy (non-hydrogen) atoms. The largest absolute Gasteiger partial charge is 0.406 e. The van der Waals surface area contributed by atoms with Crippen molar-refractivity contribution in [2.45, 2.75) is 65.0 Å². The Morgan fingerprint density at radius 2 is 1.74 bits per heavy atom. The average Bonchev–Trinajstić information content (AvgIpc) is 2.26. The van der Waals surface area contributed by atoms with E-state index in [1.54, 1.807) is 6.20 Å². The number of pyridine rings is 1. The summed E-state index contributed by atoms with van der Waals surface area (Å²) in [5.41, 5.74) is 1.17. The van der Waals surface area contributed by atoms with Crippen LogP contribution in [-0.2, 0) is 21.7 Å². The monoisotopic (exact) mass is 280 g/mol. The van der Waals surface area contributed by atoms with Crippen molar-refractivity contribution in [3.8, 4) is 0 Å². The Morgan fingerprint density at radius 3 is 2.11 bits per heavy atom. The lowest BCUT2D eigenvalue weighted by Crippen LogP contribution is -2.46. The van der Waals surface area contributed by atoms with Crippen LogP contribution in [-0.4, -0.2) is 13.3 Å². The second kappa shape index (κ2) is 5.35. The number of hydrogen-bond acceptors (Lipinski definition) is 2. The molecule has 0 aromatic carbocycles. The molecule has 0 aliphatic rings. The van der Waals surface area contributed by atoms with E-state index in [2.05, 4.69) is 38.8 Å². The van der Waals surface area contributed by atoms with Gasteiger partial charge in [-0.3, -0.25) is 4.98 Å². The summed E-state index contributed by atoms with van der Waals surface area (Å²) in [5, 5.41) is 11.0. The zero-order chi connectivity index (χ0) is 14.9. The molecule has 1 rings (SSSR count). The number of hydrogen-bond donors (Lipinski definition) is 0.